The lowest BCUT2D eigenvalue weighted by atomic mass is 10.2. The molecule has 1 aliphatic heterocycles. The predicted molar refractivity (Wildman–Crippen MR) is 85.3 cm³/mol. The van der Waals surface area contributed by atoms with E-state index >= 15 is 0 Å². The first-order valence-electron chi connectivity index (χ1n) is 6.41. The Hall–Kier alpha value is -0.420. The van der Waals surface area contributed by atoms with Crippen LogP contribution in [0.4, 0.5) is 0 Å². The van der Waals surface area contributed by atoms with Gasteiger partial charge in [0.2, 0.25) is 5.90 Å². The molecule has 1 rings (SSSR count). The van der Waals surface area contributed by atoms with Gasteiger partial charge in [0.05, 0.1) is 12.9 Å². The Labute approximate surface area is 118 Å². The molecule has 0 aromatic rings. The van der Waals surface area contributed by atoms with E-state index < -0.39 is 0 Å². The van der Waals surface area contributed by atoms with Gasteiger partial charge in [-0.1, -0.05) is 26.2 Å². The third kappa shape index (κ3) is 5.06. The highest BCUT2D eigenvalue weighted by molar-refractivity contribution is 7.96. The first-order chi connectivity index (χ1) is 8.69. The van der Waals surface area contributed by atoms with E-state index in [-0.39, 0.29) is 5.90 Å². The zero-order valence-corrected chi connectivity index (χ0v) is 12.9. The van der Waals surface area contributed by atoms with Crippen LogP contribution in [-0.4, -0.2) is 36.0 Å². The van der Waals surface area contributed by atoms with E-state index in [9.17, 15) is 0 Å². The van der Waals surface area contributed by atoms with Gasteiger partial charge < -0.3 is 4.74 Å². The van der Waals surface area contributed by atoms with Crippen LogP contribution in [-0.2, 0) is 15.6 Å². The van der Waals surface area contributed by atoms with Crippen LogP contribution in [0.25, 0.3) is 0 Å². The highest BCUT2D eigenvalue weighted by atomic mass is 32.2. The van der Waals surface area contributed by atoms with Gasteiger partial charge in [-0.2, -0.15) is 0 Å². The third-order valence-electron chi connectivity index (χ3n) is 2.88. The number of ether oxygens (including phenoxy) is 1. The Morgan fingerprint density at radius 1 is 1.50 bits per heavy atom. The van der Waals surface area contributed by atoms with Crippen molar-refractivity contribution in [2.75, 3.05) is 24.4 Å². The topological polar surface area (TPSA) is 45.4 Å². The molecule has 0 radical (unpaired) electrons. The van der Waals surface area contributed by atoms with Gasteiger partial charge in [0.1, 0.15) is 17.2 Å². The first kappa shape index (κ1) is 15.6. The summed E-state index contributed by atoms with van der Waals surface area (Å²) in [5, 5.41) is 7.92. The Morgan fingerprint density at radius 3 is 2.83 bits per heavy atom. The molecular formula is C13H23N2OS2+. The Morgan fingerprint density at radius 2 is 2.28 bits per heavy atom. The minimum atomic E-state index is 0.173. The monoisotopic (exact) mass is 287 g/mol. The summed E-state index contributed by atoms with van der Waals surface area (Å²) in [7, 11) is 0.389. The molecule has 1 heterocycles. The van der Waals surface area contributed by atoms with Crippen molar-refractivity contribution in [2.45, 2.75) is 32.6 Å². The first-order valence-corrected chi connectivity index (χ1v) is 8.78. The number of unbranched alkanes of at least 4 members (excludes halogenated alkanes) is 3. The molecule has 0 amide bonds. The SMILES string of the molecule is CCCCCCOC(=N)/C(=N\S)C1=CC[S+](C)C1. The molecule has 0 aromatic carbocycles. The number of nitrogens with one attached hydrogen (secondary N) is 1. The van der Waals surface area contributed by atoms with Crippen LogP contribution >= 0.6 is 12.8 Å². The summed E-state index contributed by atoms with van der Waals surface area (Å²) in [6.45, 7) is 2.79. The van der Waals surface area contributed by atoms with E-state index in [4.69, 9.17) is 10.1 Å². The molecule has 18 heavy (non-hydrogen) atoms. The van der Waals surface area contributed by atoms with Crippen molar-refractivity contribution in [3.63, 3.8) is 0 Å². The van der Waals surface area contributed by atoms with Crippen molar-refractivity contribution in [1.82, 2.24) is 0 Å². The molecule has 102 valence electrons. The summed E-state index contributed by atoms with van der Waals surface area (Å²) < 4.78 is 9.37. The van der Waals surface area contributed by atoms with Crippen LogP contribution in [0.2, 0.25) is 0 Å². The molecule has 0 saturated carbocycles. The largest absolute Gasteiger partial charge is 0.477 e. The summed E-state index contributed by atoms with van der Waals surface area (Å²) >= 11 is 3.97. The average Bonchev–Trinajstić information content (AvgIpc) is 2.76. The number of thiol groups is 1. The minimum Gasteiger partial charge on any atom is -0.477 e. The van der Waals surface area contributed by atoms with E-state index in [2.05, 4.69) is 36.5 Å². The fourth-order valence-corrected chi connectivity index (χ4v) is 3.43. The fraction of sp³-hybridized carbons (Fsp3) is 0.692. The zero-order valence-electron chi connectivity index (χ0n) is 11.2. The molecule has 1 atom stereocenters. The molecule has 0 spiro atoms. The Kier molecular flexibility index (Phi) is 7.51. The Bertz CT molecular complexity index is 340. The van der Waals surface area contributed by atoms with Gasteiger partial charge in [-0.3, -0.25) is 5.41 Å². The minimum absolute atomic E-state index is 0.173. The maximum absolute atomic E-state index is 7.92. The quantitative estimate of drug-likeness (QED) is 0.244. The van der Waals surface area contributed by atoms with Gasteiger partial charge in [0.15, 0.2) is 0 Å². The van der Waals surface area contributed by atoms with Gasteiger partial charge in [0.25, 0.3) is 0 Å². The molecule has 1 unspecified atom stereocenters. The number of nitrogens with zero attached hydrogens (tertiary/aromatic N) is 1. The van der Waals surface area contributed by atoms with E-state index in [1.807, 2.05) is 0 Å². The lowest BCUT2D eigenvalue weighted by Crippen LogP contribution is -2.21. The zero-order chi connectivity index (χ0) is 13.4. The lowest BCUT2D eigenvalue weighted by molar-refractivity contribution is 0.296. The van der Waals surface area contributed by atoms with Crippen LogP contribution in [0.15, 0.2) is 16.0 Å². The van der Waals surface area contributed by atoms with E-state index in [1.165, 1.54) is 12.8 Å². The van der Waals surface area contributed by atoms with E-state index in [1.54, 1.807) is 0 Å². The molecule has 0 aromatic heterocycles. The molecule has 0 saturated heterocycles. The van der Waals surface area contributed by atoms with Crippen molar-refractivity contribution < 1.29 is 4.74 Å². The van der Waals surface area contributed by atoms with Crippen molar-refractivity contribution in [3.8, 4) is 0 Å². The van der Waals surface area contributed by atoms with Gasteiger partial charge in [-0.15, -0.1) is 0 Å². The molecule has 0 fully saturated rings. The van der Waals surface area contributed by atoms with Crippen LogP contribution in [0.3, 0.4) is 0 Å². The normalized spacial score (nSPS) is 19.8. The van der Waals surface area contributed by atoms with Crippen molar-refractivity contribution >= 4 is 35.3 Å². The van der Waals surface area contributed by atoms with Crippen molar-refractivity contribution in [1.29, 1.82) is 5.41 Å². The molecule has 1 aliphatic rings. The summed E-state index contributed by atoms with van der Waals surface area (Å²) in [6.07, 6.45) is 9.01. The highest BCUT2D eigenvalue weighted by Crippen LogP contribution is 2.15. The molecule has 0 bridgehead atoms. The van der Waals surface area contributed by atoms with Crippen LogP contribution in [0.1, 0.15) is 32.6 Å². The lowest BCUT2D eigenvalue weighted by Gasteiger charge is -2.09. The summed E-state index contributed by atoms with van der Waals surface area (Å²) in [6, 6.07) is 0. The number of rotatable bonds is 7. The van der Waals surface area contributed by atoms with Gasteiger partial charge in [0, 0.05) is 5.57 Å². The van der Waals surface area contributed by atoms with Crippen molar-refractivity contribution in [3.05, 3.63) is 11.6 Å². The maximum atomic E-state index is 7.92. The van der Waals surface area contributed by atoms with Gasteiger partial charge in [-0.05, 0) is 36.2 Å². The van der Waals surface area contributed by atoms with Crippen molar-refractivity contribution in [2.24, 2.45) is 4.40 Å². The molecule has 3 nitrogen and oxygen atoms in total. The second kappa shape index (κ2) is 8.64. The van der Waals surface area contributed by atoms with Crippen LogP contribution in [0.5, 0.6) is 0 Å². The van der Waals surface area contributed by atoms with Gasteiger partial charge >= 0.3 is 0 Å². The van der Waals surface area contributed by atoms with Crippen LogP contribution in [0, 0.1) is 5.41 Å². The number of hydrogen-bond donors (Lipinski definition) is 2. The van der Waals surface area contributed by atoms with Gasteiger partial charge in [-0.25, -0.2) is 4.40 Å². The Balaban J connectivity index is 2.35. The van der Waals surface area contributed by atoms with E-state index in [0.717, 1.165) is 29.9 Å². The number of hydrogen-bond acceptors (Lipinski definition) is 4. The summed E-state index contributed by atoms with van der Waals surface area (Å²) in [5.41, 5.74) is 1.74. The standard InChI is InChI=1S/C13H22N2OS2/c1-3-4-5-6-8-16-13(14)12(15-17)11-7-9-18(2)10-11/h7,14H,3-6,8-10H2,1-2H3/p+1/b14-13?,15-12-. The second-order valence-corrected chi connectivity index (χ2v) is 6.89. The fourth-order valence-electron chi connectivity index (χ4n) is 1.82. The maximum Gasteiger partial charge on any atom is 0.233 e. The van der Waals surface area contributed by atoms with Crippen LogP contribution < -0.4 is 0 Å². The van der Waals surface area contributed by atoms with E-state index in [0.29, 0.717) is 23.2 Å². The smallest absolute Gasteiger partial charge is 0.233 e. The molecule has 5 heteroatoms. The second-order valence-electron chi connectivity index (χ2n) is 4.51. The summed E-state index contributed by atoms with van der Waals surface area (Å²) in [5.74, 6) is 2.26. The predicted octanol–water partition coefficient (Wildman–Crippen LogP) is 3.03. The molecule has 0 aliphatic carbocycles. The average molecular weight is 287 g/mol. The summed E-state index contributed by atoms with van der Waals surface area (Å²) in [4.78, 5) is 0. The molecular weight excluding hydrogens is 264 g/mol. The highest BCUT2D eigenvalue weighted by Gasteiger charge is 2.26. The molecule has 1 N–H and O–H groups in total. The third-order valence-corrected chi connectivity index (χ3v) is 4.62.